The van der Waals surface area contributed by atoms with Crippen LogP contribution >= 0.6 is 0 Å². The third kappa shape index (κ3) is 2.40. The van der Waals surface area contributed by atoms with Gasteiger partial charge >= 0.3 is 0 Å². The Morgan fingerprint density at radius 1 is 1.53 bits per heavy atom. The van der Waals surface area contributed by atoms with Crippen molar-refractivity contribution in [3.63, 3.8) is 0 Å². The van der Waals surface area contributed by atoms with Crippen molar-refractivity contribution in [3.8, 4) is 0 Å². The summed E-state index contributed by atoms with van der Waals surface area (Å²) in [7, 11) is 2.04. The second kappa shape index (κ2) is 4.51. The molecule has 2 heterocycles. The summed E-state index contributed by atoms with van der Waals surface area (Å²) < 4.78 is 0. The maximum Gasteiger partial charge on any atom is 0.181 e. The molecule has 0 aromatic carbocycles. The van der Waals surface area contributed by atoms with Gasteiger partial charge in [0.25, 0.3) is 0 Å². The minimum absolute atomic E-state index is 0.0776. The molecule has 0 aliphatic carbocycles. The van der Waals surface area contributed by atoms with E-state index in [0.717, 1.165) is 25.2 Å². The summed E-state index contributed by atoms with van der Waals surface area (Å²) in [5.74, 6) is 0.156. The molecule has 1 aromatic rings. The first-order valence-electron chi connectivity index (χ1n) is 5.13. The number of likely N-dealkylation sites (N-methyl/N-ethyl adjacent to an activating group) is 1. The van der Waals surface area contributed by atoms with Crippen LogP contribution in [0.4, 0.5) is 0 Å². The molecular weight excluding hydrogens is 190 g/mol. The lowest BCUT2D eigenvalue weighted by atomic mass is 10.0. The van der Waals surface area contributed by atoms with Gasteiger partial charge in [0.1, 0.15) is 0 Å². The maximum absolute atomic E-state index is 12.0. The summed E-state index contributed by atoms with van der Waals surface area (Å²) in [6.45, 7) is 2.65. The highest BCUT2D eigenvalue weighted by atomic mass is 16.1. The van der Waals surface area contributed by atoms with Gasteiger partial charge in [0, 0.05) is 37.6 Å². The number of carbonyl (C=O) groups excluding carboxylic acids is 1. The Morgan fingerprint density at radius 3 is 2.93 bits per heavy atom. The fraction of sp³-hybridized carbons (Fsp3) is 0.455. The molecule has 0 saturated carbocycles. The standard InChI is InChI=1S/C11H15N3O/c1-14-7-6-13-10(8-14)11(15)9-2-4-12-5-3-9/h2-5,10,13H,6-8H2,1H3. The summed E-state index contributed by atoms with van der Waals surface area (Å²) in [6, 6.07) is 3.45. The molecule has 15 heavy (non-hydrogen) atoms. The van der Waals surface area contributed by atoms with Crippen LogP contribution in [0.5, 0.6) is 0 Å². The molecule has 1 aliphatic heterocycles. The van der Waals surface area contributed by atoms with Gasteiger partial charge in [0.15, 0.2) is 5.78 Å². The summed E-state index contributed by atoms with van der Waals surface area (Å²) in [6.07, 6.45) is 3.31. The largest absolute Gasteiger partial charge is 0.305 e. The average Bonchev–Trinajstić information content (AvgIpc) is 2.29. The molecular formula is C11H15N3O. The maximum atomic E-state index is 12.0. The molecule has 0 spiro atoms. The Kier molecular flexibility index (Phi) is 3.08. The molecule has 1 unspecified atom stereocenters. The van der Waals surface area contributed by atoms with Crippen LogP contribution in [-0.2, 0) is 0 Å². The Hall–Kier alpha value is -1.26. The smallest absolute Gasteiger partial charge is 0.181 e. The number of nitrogens with zero attached hydrogens (tertiary/aromatic N) is 2. The van der Waals surface area contributed by atoms with Gasteiger partial charge in [-0.05, 0) is 19.2 Å². The number of piperazine rings is 1. The zero-order valence-corrected chi connectivity index (χ0v) is 8.81. The number of pyridine rings is 1. The Balaban J connectivity index is 2.08. The normalized spacial score (nSPS) is 22.6. The van der Waals surface area contributed by atoms with Gasteiger partial charge in [-0.2, -0.15) is 0 Å². The highest BCUT2D eigenvalue weighted by molar-refractivity contribution is 6.00. The van der Waals surface area contributed by atoms with Crippen LogP contribution in [0.3, 0.4) is 0 Å². The van der Waals surface area contributed by atoms with Gasteiger partial charge in [0.2, 0.25) is 0 Å². The van der Waals surface area contributed by atoms with E-state index in [4.69, 9.17) is 0 Å². The average molecular weight is 205 g/mol. The lowest BCUT2D eigenvalue weighted by molar-refractivity contribution is 0.0894. The highest BCUT2D eigenvalue weighted by Gasteiger charge is 2.23. The molecule has 1 aliphatic rings. The van der Waals surface area contributed by atoms with Crippen LogP contribution in [0.15, 0.2) is 24.5 Å². The number of hydrogen-bond acceptors (Lipinski definition) is 4. The van der Waals surface area contributed by atoms with Gasteiger partial charge in [0.05, 0.1) is 6.04 Å². The van der Waals surface area contributed by atoms with Crippen molar-refractivity contribution in [3.05, 3.63) is 30.1 Å². The molecule has 4 nitrogen and oxygen atoms in total. The van der Waals surface area contributed by atoms with Crippen LogP contribution in [-0.4, -0.2) is 48.4 Å². The predicted octanol–water partition coefficient (Wildman–Crippen LogP) is 0.168. The first-order chi connectivity index (χ1) is 7.27. The monoisotopic (exact) mass is 205 g/mol. The minimum Gasteiger partial charge on any atom is -0.305 e. The lowest BCUT2D eigenvalue weighted by Crippen LogP contribution is -2.52. The predicted molar refractivity (Wildman–Crippen MR) is 57.9 cm³/mol. The minimum atomic E-state index is -0.0776. The molecule has 0 amide bonds. The highest BCUT2D eigenvalue weighted by Crippen LogP contribution is 2.05. The molecule has 2 rings (SSSR count). The fourth-order valence-corrected chi connectivity index (χ4v) is 1.79. The van der Waals surface area contributed by atoms with Gasteiger partial charge in [-0.3, -0.25) is 9.78 Å². The van der Waals surface area contributed by atoms with Gasteiger partial charge in [-0.1, -0.05) is 0 Å². The molecule has 0 radical (unpaired) electrons. The van der Waals surface area contributed by atoms with Crippen molar-refractivity contribution < 1.29 is 4.79 Å². The molecule has 80 valence electrons. The topological polar surface area (TPSA) is 45.2 Å². The number of hydrogen-bond donors (Lipinski definition) is 1. The van der Waals surface area contributed by atoms with E-state index in [1.165, 1.54) is 0 Å². The van der Waals surface area contributed by atoms with Gasteiger partial charge in [-0.25, -0.2) is 0 Å². The van der Waals surface area contributed by atoms with Crippen LogP contribution in [0, 0.1) is 0 Å². The first kappa shape index (κ1) is 10.3. The van der Waals surface area contributed by atoms with E-state index >= 15 is 0 Å². The zero-order chi connectivity index (χ0) is 10.7. The van der Waals surface area contributed by atoms with Crippen LogP contribution < -0.4 is 5.32 Å². The molecule has 1 fully saturated rings. The zero-order valence-electron chi connectivity index (χ0n) is 8.81. The van der Waals surface area contributed by atoms with E-state index in [-0.39, 0.29) is 11.8 Å². The summed E-state index contributed by atoms with van der Waals surface area (Å²) >= 11 is 0. The molecule has 4 heteroatoms. The van der Waals surface area contributed by atoms with E-state index in [0.29, 0.717) is 0 Å². The van der Waals surface area contributed by atoms with Gasteiger partial charge < -0.3 is 10.2 Å². The van der Waals surface area contributed by atoms with Crippen molar-refractivity contribution in [2.24, 2.45) is 0 Å². The van der Waals surface area contributed by atoms with E-state index in [9.17, 15) is 4.79 Å². The molecule has 1 N–H and O–H groups in total. The summed E-state index contributed by atoms with van der Waals surface area (Å²) in [5, 5.41) is 3.24. The van der Waals surface area contributed by atoms with Crippen LogP contribution in [0.1, 0.15) is 10.4 Å². The van der Waals surface area contributed by atoms with Crippen molar-refractivity contribution in [2.75, 3.05) is 26.7 Å². The third-order valence-corrected chi connectivity index (χ3v) is 2.66. The summed E-state index contributed by atoms with van der Waals surface area (Å²) in [4.78, 5) is 18.1. The molecule has 1 saturated heterocycles. The Morgan fingerprint density at radius 2 is 2.27 bits per heavy atom. The number of rotatable bonds is 2. The van der Waals surface area contributed by atoms with Crippen molar-refractivity contribution in [2.45, 2.75) is 6.04 Å². The number of carbonyl (C=O) groups is 1. The second-order valence-corrected chi connectivity index (χ2v) is 3.87. The summed E-state index contributed by atoms with van der Waals surface area (Å²) in [5.41, 5.74) is 0.734. The van der Waals surface area contributed by atoms with E-state index < -0.39 is 0 Å². The van der Waals surface area contributed by atoms with E-state index in [1.54, 1.807) is 24.5 Å². The van der Waals surface area contributed by atoms with E-state index in [2.05, 4.69) is 15.2 Å². The third-order valence-electron chi connectivity index (χ3n) is 2.66. The van der Waals surface area contributed by atoms with Gasteiger partial charge in [-0.15, -0.1) is 0 Å². The first-order valence-corrected chi connectivity index (χ1v) is 5.13. The lowest BCUT2D eigenvalue weighted by Gasteiger charge is -2.29. The van der Waals surface area contributed by atoms with Crippen molar-refractivity contribution in [1.29, 1.82) is 0 Å². The second-order valence-electron chi connectivity index (χ2n) is 3.87. The Bertz CT molecular complexity index is 339. The molecule has 0 bridgehead atoms. The van der Waals surface area contributed by atoms with Crippen LogP contribution in [0.2, 0.25) is 0 Å². The van der Waals surface area contributed by atoms with Crippen LogP contribution in [0.25, 0.3) is 0 Å². The SMILES string of the molecule is CN1CCNC(C(=O)c2ccncc2)C1. The Labute approximate surface area is 89.3 Å². The quantitative estimate of drug-likeness (QED) is 0.699. The number of ketones is 1. The number of aromatic nitrogens is 1. The number of Topliss-reactive ketones (excluding diaryl/α,β-unsaturated/α-hetero) is 1. The molecule has 1 aromatic heterocycles. The van der Waals surface area contributed by atoms with Crippen molar-refractivity contribution >= 4 is 5.78 Å². The van der Waals surface area contributed by atoms with E-state index in [1.807, 2.05) is 7.05 Å². The fourth-order valence-electron chi connectivity index (χ4n) is 1.79. The van der Waals surface area contributed by atoms with Crippen molar-refractivity contribution in [1.82, 2.24) is 15.2 Å². The number of nitrogens with one attached hydrogen (secondary N) is 1. The molecule has 1 atom stereocenters.